The van der Waals surface area contributed by atoms with Crippen molar-refractivity contribution in [2.24, 2.45) is 5.92 Å². The van der Waals surface area contributed by atoms with Crippen molar-refractivity contribution in [2.75, 3.05) is 0 Å². The van der Waals surface area contributed by atoms with Crippen LogP contribution in [0.25, 0.3) is 11.5 Å². The van der Waals surface area contributed by atoms with Crippen molar-refractivity contribution in [2.45, 2.75) is 32.9 Å². The fourth-order valence-corrected chi connectivity index (χ4v) is 3.65. The first-order valence-electron chi connectivity index (χ1n) is 10.5. The summed E-state index contributed by atoms with van der Waals surface area (Å²) in [7, 11) is 0. The number of carbonyl (C=O) groups is 3. The van der Waals surface area contributed by atoms with Crippen LogP contribution in [-0.4, -0.2) is 43.8 Å². The van der Waals surface area contributed by atoms with Gasteiger partial charge in [-0.1, -0.05) is 32.4 Å². The zero-order chi connectivity index (χ0) is 24.4. The molecule has 4 rings (SSSR count). The van der Waals surface area contributed by atoms with E-state index >= 15 is 0 Å². The molecular formula is C23H20N4O7. The smallest absolute Gasteiger partial charge is 0.330 e. The van der Waals surface area contributed by atoms with E-state index in [9.17, 15) is 24.5 Å². The largest absolute Gasteiger partial charge is 0.454 e. The number of hydrogen-bond acceptors (Lipinski definition) is 9. The maximum Gasteiger partial charge on any atom is 0.330 e. The number of ether oxygens (including phenoxy) is 1. The van der Waals surface area contributed by atoms with Gasteiger partial charge in [0.05, 0.1) is 16.1 Å². The Morgan fingerprint density at radius 3 is 2.26 bits per heavy atom. The Labute approximate surface area is 193 Å². The van der Waals surface area contributed by atoms with Gasteiger partial charge >= 0.3 is 5.97 Å². The fourth-order valence-electron chi connectivity index (χ4n) is 3.65. The van der Waals surface area contributed by atoms with Crippen LogP contribution in [0.5, 0.6) is 0 Å². The van der Waals surface area contributed by atoms with E-state index in [1.165, 1.54) is 24.3 Å². The Hall–Kier alpha value is -4.41. The Kier molecular flexibility index (Phi) is 6.17. The fraction of sp³-hybridized carbons (Fsp3) is 0.261. The second-order valence-electron chi connectivity index (χ2n) is 7.77. The topological polar surface area (TPSA) is 146 Å². The highest BCUT2D eigenvalue weighted by molar-refractivity contribution is 6.22. The number of aromatic nitrogens is 2. The molecular weight excluding hydrogens is 444 g/mol. The van der Waals surface area contributed by atoms with Crippen LogP contribution in [0.1, 0.15) is 46.9 Å². The van der Waals surface area contributed by atoms with Crippen molar-refractivity contribution >= 4 is 23.5 Å². The molecule has 2 heterocycles. The maximum atomic E-state index is 13.0. The first kappa shape index (κ1) is 22.8. The van der Waals surface area contributed by atoms with E-state index in [0.29, 0.717) is 12.0 Å². The summed E-state index contributed by atoms with van der Waals surface area (Å²) in [5.74, 6) is -2.11. The molecule has 0 unspecified atom stereocenters. The highest BCUT2D eigenvalue weighted by Crippen LogP contribution is 2.29. The number of rotatable bonds is 8. The van der Waals surface area contributed by atoms with Crippen molar-refractivity contribution in [3.8, 4) is 11.5 Å². The van der Waals surface area contributed by atoms with E-state index in [-0.39, 0.29) is 41.1 Å². The van der Waals surface area contributed by atoms with Gasteiger partial charge in [0, 0.05) is 17.7 Å². The van der Waals surface area contributed by atoms with Crippen LogP contribution in [-0.2, 0) is 16.1 Å². The molecule has 1 aliphatic heterocycles. The van der Waals surface area contributed by atoms with Crippen LogP contribution in [0.3, 0.4) is 0 Å². The predicted octanol–water partition coefficient (Wildman–Crippen LogP) is 3.40. The van der Waals surface area contributed by atoms with Crippen LogP contribution in [0, 0.1) is 16.0 Å². The molecule has 0 spiro atoms. The number of nitro groups is 1. The minimum absolute atomic E-state index is 0.00744. The van der Waals surface area contributed by atoms with Crippen molar-refractivity contribution in [1.29, 1.82) is 0 Å². The minimum Gasteiger partial charge on any atom is -0.454 e. The molecule has 1 aromatic heterocycles. The summed E-state index contributed by atoms with van der Waals surface area (Å²) in [5, 5.41) is 18.5. The molecule has 0 fully saturated rings. The first-order chi connectivity index (χ1) is 16.3. The molecule has 0 N–H and O–H groups in total. The normalized spacial score (nSPS) is 14.6. The lowest BCUT2D eigenvalue weighted by molar-refractivity contribution is -0.384. The molecule has 0 bridgehead atoms. The number of carbonyl (C=O) groups excluding carboxylic acids is 3. The summed E-state index contributed by atoms with van der Waals surface area (Å²) in [6, 6.07) is 10.8. The molecule has 174 valence electrons. The van der Waals surface area contributed by atoms with E-state index < -0.39 is 28.7 Å². The van der Waals surface area contributed by atoms with E-state index in [4.69, 9.17) is 9.15 Å². The Balaban J connectivity index is 1.48. The Bertz CT molecular complexity index is 1230. The third-order valence-corrected chi connectivity index (χ3v) is 5.66. The van der Waals surface area contributed by atoms with Crippen LogP contribution in [0.2, 0.25) is 0 Å². The SMILES string of the molecule is CC[C@H](C)[C@@H](C(=O)OCc1nnc(-c2ccc([N+](=O)[O-])cc2)o1)N1C(=O)c2ccccc2C1=O. The molecule has 0 saturated heterocycles. The molecule has 3 aromatic rings. The third kappa shape index (κ3) is 4.15. The van der Waals surface area contributed by atoms with Crippen molar-refractivity contribution < 1.29 is 28.5 Å². The molecule has 0 radical (unpaired) electrons. The van der Waals surface area contributed by atoms with E-state index in [0.717, 1.165) is 4.90 Å². The van der Waals surface area contributed by atoms with Gasteiger partial charge in [-0.05, 0) is 30.2 Å². The van der Waals surface area contributed by atoms with E-state index in [2.05, 4.69) is 10.2 Å². The van der Waals surface area contributed by atoms with Gasteiger partial charge < -0.3 is 9.15 Å². The van der Waals surface area contributed by atoms with Gasteiger partial charge in [0.2, 0.25) is 5.89 Å². The second kappa shape index (κ2) is 9.22. The van der Waals surface area contributed by atoms with Crippen molar-refractivity contribution in [1.82, 2.24) is 15.1 Å². The second-order valence-corrected chi connectivity index (χ2v) is 7.77. The van der Waals surface area contributed by atoms with Crippen molar-refractivity contribution in [3.63, 3.8) is 0 Å². The summed E-state index contributed by atoms with van der Waals surface area (Å²) in [6.07, 6.45) is 0.526. The van der Waals surface area contributed by atoms with Gasteiger partial charge in [0.15, 0.2) is 6.61 Å². The van der Waals surface area contributed by atoms with Gasteiger partial charge in [0.1, 0.15) is 6.04 Å². The van der Waals surface area contributed by atoms with Crippen LogP contribution in [0.15, 0.2) is 52.9 Å². The Morgan fingerprint density at radius 2 is 1.71 bits per heavy atom. The highest BCUT2D eigenvalue weighted by Gasteiger charge is 2.45. The predicted molar refractivity (Wildman–Crippen MR) is 116 cm³/mol. The lowest BCUT2D eigenvalue weighted by Crippen LogP contribution is -2.49. The summed E-state index contributed by atoms with van der Waals surface area (Å²) >= 11 is 0. The van der Waals surface area contributed by atoms with Gasteiger partial charge in [-0.2, -0.15) is 0 Å². The zero-order valence-electron chi connectivity index (χ0n) is 18.3. The van der Waals surface area contributed by atoms with Crippen molar-refractivity contribution in [3.05, 3.63) is 75.7 Å². The number of amides is 2. The molecule has 2 amide bonds. The lowest BCUT2D eigenvalue weighted by Gasteiger charge is -2.28. The number of hydrogen-bond donors (Lipinski definition) is 0. The first-order valence-corrected chi connectivity index (χ1v) is 10.5. The molecule has 0 saturated carbocycles. The van der Waals surface area contributed by atoms with Crippen LogP contribution in [0.4, 0.5) is 5.69 Å². The monoisotopic (exact) mass is 464 g/mol. The molecule has 0 aliphatic carbocycles. The summed E-state index contributed by atoms with van der Waals surface area (Å²) in [5.41, 5.74) is 0.873. The summed E-state index contributed by atoms with van der Waals surface area (Å²) < 4.78 is 10.8. The molecule has 2 aromatic carbocycles. The number of benzene rings is 2. The van der Waals surface area contributed by atoms with Gasteiger partial charge in [0.25, 0.3) is 23.4 Å². The number of nitro benzene ring substituents is 1. The van der Waals surface area contributed by atoms with Gasteiger partial charge in [-0.15, -0.1) is 10.2 Å². The molecule has 11 heteroatoms. The van der Waals surface area contributed by atoms with Gasteiger partial charge in [-0.3, -0.25) is 24.6 Å². The van der Waals surface area contributed by atoms with Crippen LogP contribution < -0.4 is 0 Å². The summed E-state index contributed by atoms with van der Waals surface area (Å²) in [4.78, 5) is 50.0. The molecule has 2 atom stereocenters. The highest BCUT2D eigenvalue weighted by atomic mass is 16.6. The number of esters is 1. The zero-order valence-corrected chi connectivity index (χ0v) is 18.3. The van der Waals surface area contributed by atoms with Gasteiger partial charge in [-0.25, -0.2) is 4.79 Å². The maximum absolute atomic E-state index is 13.0. The van der Waals surface area contributed by atoms with E-state index in [1.807, 2.05) is 6.92 Å². The number of fused-ring (bicyclic) bond motifs is 1. The Morgan fingerprint density at radius 1 is 1.09 bits per heavy atom. The summed E-state index contributed by atoms with van der Waals surface area (Å²) in [6.45, 7) is 3.24. The average molecular weight is 464 g/mol. The standard InChI is InChI=1S/C23H20N4O7/c1-3-13(2)19(26-21(28)16-6-4-5-7-17(16)22(26)29)23(30)33-12-18-24-25-20(34-18)14-8-10-15(11-9-14)27(31)32/h4-11,13,19H,3,12H2,1-2H3/t13-,19-/m0/s1. The van der Waals surface area contributed by atoms with E-state index in [1.54, 1.807) is 31.2 Å². The molecule has 34 heavy (non-hydrogen) atoms. The number of non-ortho nitro benzene ring substituents is 1. The lowest BCUT2D eigenvalue weighted by atomic mass is 9.97. The molecule has 11 nitrogen and oxygen atoms in total. The van der Waals surface area contributed by atoms with Crippen LogP contribution >= 0.6 is 0 Å². The number of nitrogens with zero attached hydrogens (tertiary/aromatic N) is 4. The quantitative estimate of drug-likeness (QED) is 0.212. The number of imide groups is 1. The average Bonchev–Trinajstić information content (AvgIpc) is 3.42. The minimum atomic E-state index is -1.12. The molecule has 1 aliphatic rings. The third-order valence-electron chi connectivity index (χ3n) is 5.66.